The van der Waals surface area contributed by atoms with Crippen molar-refractivity contribution < 1.29 is 8.78 Å². The lowest BCUT2D eigenvalue weighted by atomic mass is 9.73. The second-order valence-electron chi connectivity index (χ2n) is 10.8. The van der Waals surface area contributed by atoms with Crippen LogP contribution in [-0.4, -0.2) is 29.1 Å². The number of halogens is 2. The van der Waals surface area contributed by atoms with Crippen LogP contribution in [0, 0.1) is 12.3 Å². The molecule has 7 heteroatoms. The number of rotatable bonds is 3. The Hall–Kier alpha value is -3.06. The summed E-state index contributed by atoms with van der Waals surface area (Å²) < 4.78 is 27.3. The first-order valence-electron chi connectivity index (χ1n) is 13.0. The summed E-state index contributed by atoms with van der Waals surface area (Å²) >= 11 is 0. The molecule has 6 rings (SSSR count). The Balaban J connectivity index is 1.21. The second kappa shape index (κ2) is 8.80. The largest absolute Gasteiger partial charge is 0.370 e. The van der Waals surface area contributed by atoms with E-state index < -0.39 is 6.43 Å². The van der Waals surface area contributed by atoms with Crippen LogP contribution in [0.1, 0.15) is 66.6 Å². The maximum absolute atomic E-state index is 13.6. The van der Waals surface area contributed by atoms with Crippen molar-refractivity contribution in [3.8, 4) is 0 Å². The van der Waals surface area contributed by atoms with Crippen molar-refractivity contribution in [2.24, 2.45) is 11.1 Å². The Morgan fingerprint density at radius 1 is 1.11 bits per heavy atom. The van der Waals surface area contributed by atoms with Gasteiger partial charge in [0.15, 0.2) is 0 Å². The molecule has 1 fully saturated rings. The molecule has 3 aliphatic rings. The number of benzene rings is 1. The molecule has 1 aromatic carbocycles. The van der Waals surface area contributed by atoms with Gasteiger partial charge in [-0.2, -0.15) is 0 Å². The van der Waals surface area contributed by atoms with Gasteiger partial charge in [0.2, 0.25) is 0 Å². The van der Waals surface area contributed by atoms with Gasteiger partial charge in [0.25, 0.3) is 6.43 Å². The number of nitrogens with two attached hydrogens (primary N) is 1. The molecule has 2 N–H and O–H groups in total. The maximum atomic E-state index is 13.6. The molecule has 0 radical (unpaired) electrons. The molecule has 0 bridgehead atoms. The van der Waals surface area contributed by atoms with Gasteiger partial charge in [0.05, 0.1) is 23.3 Å². The third kappa shape index (κ3) is 3.67. The predicted molar refractivity (Wildman–Crippen MR) is 139 cm³/mol. The molecule has 188 valence electrons. The topological polar surface area (TPSA) is 58.3 Å². The number of aromatic nitrogens is 2. The van der Waals surface area contributed by atoms with Gasteiger partial charge in [-0.3, -0.25) is 4.98 Å². The highest BCUT2D eigenvalue weighted by Gasteiger charge is 2.47. The number of piperidine rings is 1. The van der Waals surface area contributed by atoms with Gasteiger partial charge in [-0.15, -0.1) is 0 Å². The maximum Gasteiger partial charge on any atom is 0.264 e. The van der Waals surface area contributed by atoms with Crippen molar-refractivity contribution >= 4 is 17.2 Å². The van der Waals surface area contributed by atoms with E-state index in [1.165, 1.54) is 0 Å². The fraction of sp³-hybridized carbons (Fsp3) is 0.448. The van der Waals surface area contributed by atoms with Crippen LogP contribution < -0.4 is 15.5 Å². The molecule has 1 saturated heterocycles. The smallest absolute Gasteiger partial charge is 0.264 e. The van der Waals surface area contributed by atoms with E-state index in [-0.39, 0.29) is 17.0 Å². The molecule has 4 heterocycles. The zero-order valence-corrected chi connectivity index (χ0v) is 20.9. The summed E-state index contributed by atoms with van der Waals surface area (Å²) in [5, 5.41) is 0. The Labute approximate surface area is 211 Å². The van der Waals surface area contributed by atoms with Gasteiger partial charge in [-0.05, 0) is 86.3 Å². The summed E-state index contributed by atoms with van der Waals surface area (Å²) in [6.07, 6.45) is 5.85. The predicted octanol–water partition coefficient (Wildman–Crippen LogP) is 6.04. The van der Waals surface area contributed by atoms with Gasteiger partial charge in [-0.1, -0.05) is 18.2 Å². The fourth-order valence-corrected chi connectivity index (χ4v) is 6.67. The van der Waals surface area contributed by atoms with Crippen molar-refractivity contribution in [1.82, 2.24) is 9.97 Å². The average Bonchev–Trinajstić information content (AvgIpc) is 3.15. The number of fused-ring (bicyclic) bond motifs is 2. The van der Waals surface area contributed by atoms with Gasteiger partial charge >= 0.3 is 0 Å². The van der Waals surface area contributed by atoms with Crippen LogP contribution in [0.25, 0.3) is 0 Å². The molecule has 1 aliphatic carbocycles. The first kappa shape index (κ1) is 23.3. The third-order valence-corrected chi connectivity index (χ3v) is 8.76. The number of anilines is 3. The standard InChI is InChI=1S/C29H33F2N5/c1-18-15-20(17-34-28(18)36-19(2)8-9-24-25(36)7-4-12-33-24)35-13-10-29(11-14-35)16-23-21(26(29)32)5-3-6-22(23)27(30)31/h3-7,12,15,17,19,26-27H,8-11,13-14,16,32H2,1-2H3/t19-,26-/m1/s1. The van der Waals surface area contributed by atoms with E-state index in [0.717, 1.165) is 78.3 Å². The highest BCUT2D eigenvalue weighted by molar-refractivity contribution is 5.68. The summed E-state index contributed by atoms with van der Waals surface area (Å²) in [6, 6.07) is 11.7. The Bertz CT molecular complexity index is 1280. The van der Waals surface area contributed by atoms with E-state index in [4.69, 9.17) is 10.7 Å². The van der Waals surface area contributed by atoms with Crippen molar-refractivity contribution in [3.63, 3.8) is 0 Å². The SMILES string of the molecule is Cc1cc(N2CCC3(CC2)Cc2c(C(F)F)cccc2[C@H]3N)cnc1N1c2cccnc2CC[C@H]1C. The zero-order valence-electron chi connectivity index (χ0n) is 20.9. The summed E-state index contributed by atoms with van der Waals surface area (Å²) in [4.78, 5) is 14.2. The van der Waals surface area contributed by atoms with Crippen LogP contribution in [0.4, 0.5) is 26.0 Å². The molecule has 1 spiro atoms. The van der Waals surface area contributed by atoms with Crippen LogP contribution in [0.2, 0.25) is 0 Å². The number of aryl methyl sites for hydroxylation is 2. The van der Waals surface area contributed by atoms with E-state index in [2.05, 4.69) is 40.8 Å². The van der Waals surface area contributed by atoms with Crippen molar-refractivity contribution in [3.05, 3.63) is 76.7 Å². The van der Waals surface area contributed by atoms with Gasteiger partial charge in [0, 0.05) is 36.9 Å². The lowest BCUT2D eigenvalue weighted by molar-refractivity contribution is 0.148. The molecule has 36 heavy (non-hydrogen) atoms. The molecule has 0 unspecified atom stereocenters. The number of hydrogen-bond acceptors (Lipinski definition) is 5. The van der Waals surface area contributed by atoms with Crippen molar-refractivity contribution in [2.45, 2.75) is 64.5 Å². The molecule has 3 aromatic rings. The molecular weight excluding hydrogens is 456 g/mol. The zero-order chi connectivity index (χ0) is 25.0. The number of alkyl halides is 2. The Morgan fingerprint density at radius 3 is 2.67 bits per heavy atom. The van der Waals surface area contributed by atoms with Crippen LogP contribution in [-0.2, 0) is 12.8 Å². The van der Waals surface area contributed by atoms with E-state index in [9.17, 15) is 8.78 Å². The average molecular weight is 490 g/mol. The monoisotopic (exact) mass is 489 g/mol. The van der Waals surface area contributed by atoms with Crippen LogP contribution >= 0.6 is 0 Å². The second-order valence-corrected chi connectivity index (χ2v) is 10.8. The van der Waals surface area contributed by atoms with Crippen molar-refractivity contribution in [2.75, 3.05) is 22.9 Å². The first-order chi connectivity index (χ1) is 17.4. The minimum atomic E-state index is -2.46. The van der Waals surface area contributed by atoms with Crippen LogP contribution in [0.5, 0.6) is 0 Å². The molecule has 0 saturated carbocycles. The van der Waals surface area contributed by atoms with Crippen LogP contribution in [0.15, 0.2) is 48.8 Å². The lowest BCUT2D eigenvalue weighted by Crippen LogP contribution is -2.44. The van der Waals surface area contributed by atoms with Gasteiger partial charge < -0.3 is 15.5 Å². The summed E-state index contributed by atoms with van der Waals surface area (Å²) in [6.45, 7) is 6.07. The number of hydrogen-bond donors (Lipinski definition) is 1. The van der Waals surface area contributed by atoms with Crippen LogP contribution in [0.3, 0.4) is 0 Å². The normalized spacial score (nSPS) is 22.7. The highest BCUT2D eigenvalue weighted by Crippen LogP contribution is 2.53. The third-order valence-electron chi connectivity index (χ3n) is 8.76. The minimum absolute atomic E-state index is 0.147. The summed E-state index contributed by atoms with van der Waals surface area (Å²) in [5.74, 6) is 0.987. The highest BCUT2D eigenvalue weighted by atomic mass is 19.3. The molecule has 2 aliphatic heterocycles. The molecule has 0 amide bonds. The molecular formula is C29H33F2N5. The summed E-state index contributed by atoms with van der Waals surface area (Å²) in [5.41, 5.74) is 12.9. The van der Waals surface area contributed by atoms with E-state index >= 15 is 0 Å². The Morgan fingerprint density at radius 2 is 1.92 bits per heavy atom. The van der Waals surface area contributed by atoms with Crippen molar-refractivity contribution in [1.29, 1.82) is 0 Å². The number of pyridine rings is 2. The molecule has 2 aromatic heterocycles. The Kier molecular flexibility index (Phi) is 5.71. The quantitative estimate of drug-likeness (QED) is 0.486. The summed E-state index contributed by atoms with van der Waals surface area (Å²) in [7, 11) is 0. The lowest BCUT2D eigenvalue weighted by Gasteiger charge is -2.43. The fourth-order valence-electron chi connectivity index (χ4n) is 6.67. The molecule has 5 nitrogen and oxygen atoms in total. The number of nitrogens with zero attached hydrogens (tertiary/aromatic N) is 4. The minimum Gasteiger partial charge on any atom is -0.370 e. The molecule has 2 atom stereocenters. The van der Waals surface area contributed by atoms with Gasteiger partial charge in [0.1, 0.15) is 5.82 Å². The van der Waals surface area contributed by atoms with Gasteiger partial charge in [-0.25, -0.2) is 13.8 Å². The first-order valence-corrected chi connectivity index (χ1v) is 13.0. The van der Waals surface area contributed by atoms with E-state index in [1.807, 2.05) is 24.5 Å². The van der Waals surface area contributed by atoms with E-state index in [1.54, 1.807) is 12.1 Å². The van der Waals surface area contributed by atoms with E-state index in [0.29, 0.717) is 12.5 Å².